The van der Waals surface area contributed by atoms with Crippen LogP contribution in [0, 0.1) is 0 Å². The molecule has 0 saturated carbocycles. The maximum atomic E-state index is 10.6. The van der Waals surface area contributed by atoms with Gasteiger partial charge in [0.2, 0.25) is 0 Å². The first-order valence-corrected chi connectivity index (χ1v) is 3.46. The van der Waals surface area contributed by atoms with E-state index < -0.39 is 18.2 Å². The van der Waals surface area contributed by atoms with Gasteiger partial charge in [-0.05, 0) is 0 Å². The number of aliphatic carboxylic acids is 1. The Morgan fingerprint density at radius 3 is 1.83 bits per heavy atom. The minimum Gasteiger partial charge on any atom is -0.474 e. The normalized spacial score (nSPS) is 13.7. The van der Waals surface area contributed by atoms with E-state index in [1.807, 2.05) is 0 Å². The number of hydrogen-bond donors (Lipinski definition) is 1. The van der Waals surface area contributed by atoms with E-state index in [9.17, 15) is 9.59 Å². The van der Waals surface area contributed by atoms with Crippen molar-refractivity contribution in [2.75, 3.05) is 21.1 Å². The van der Waals surface area contributed by atoms with Gasteiger partial charge >= 0.3 is 18.2 Å². The second kappa shape index (κ2) is 3.53. The van der Waals surface area contributed by atoms with Gasteiger partial charge in [-0.3, -0.25) is 9.28 Å². The number of ether oxygens (including phenoxy) is 1. The fourth-order valence-corrected chi connectivity index (χ4v) is 0.697. The number of esters is 1. The van der Waals surface area contributed by atoms with E-state index in [4.69, 9.17) is 5.11 Å². The van der Waals surface area contributed by atoms with Crippen molar-refractivity contribution >= 4 is 11.9 Å². The SMILES string of the molecule is CC(=O)OC(C(=O)O)[N+](C)(C)C. The molecule has 70 valence electrons. The number of carboxylic acid groups (broad SMARTS) is 1. The third-order valence-corrected chi connectivity index (χ3v) is 1.19. The first kappa shape index (κ1) is 10.9. The first-order valence-electron chi connectivity index (χ1n) is 3.46. The molecule has 1 N–H and O–H groups in total. The average Bonchev–Trinajstić information content (AvgIpc) is 1.79. The minimum atomic E-state index is -1.14. The second-order valence-corrected chi connectivity index (χ2v) is 3.42. The molecule has 0 bridgehead atoms. The zero-order valence-electron chi connectivity index (χ0n) is 7.70. The third kappa shape index (κ3) is 3.34. The van der Waals surface area contributed by atoms with E-state index in [0.717, 1.165) is 0 Å². The van der Waals surface area contributed by atoms with Crippen molar-refractivity contribution in [1.82, 2.24) is 0 Å². The molecule has 1 atom stereocenters. The molecule has 0 fully saturated rings. The zero-order chi connectivity index (χ0) is 9.94. The fourth-order valence-electron chi connectivity index (χ4n) is 0.697. The Labute approximate surface area is 71.1 Å². The van der Waals surface area contributed by atoms with Gasteiger partial charge in [0, 0.05) is 6.92 Å². The van der Waals surface area contributed by atoms with Crippen LogP contribution in [0.4, 0.5) is 0 Å². The van der Waals surface area contributed by atoms with Gasteiger partial charge in [0.1, 0.15) is 0 Å². The predicted octanol–water partition coefficient (Wildman–Crippen LogP) is -0.334. The summed E-state index contributed by atoms with van der Waals surface area (Å²) in [6.45, 7) is 1.19. The van der Waals surface area contributed by atoms with Gasteiger partial charge in [-0.25, -0.2) is 4.79 Å². The highest BCUT2D eigenvalue weighted by Gasteiger charge is 2.34. The fraction of sp³-hybridized carbons (Fsp3) is 0.714. The lowest BCUT2D eigenvalue weighted by Crippen LogP contribution is -2.52. The molecule has 12 heavy (non-hydrogen) atoms. The molecule has 0 aromatic rings. The third-order valence-electron chi connectivity index (χ3n) is 1.19. The second-order valence-electron chi connectivity index (χ2n) is 3.42. The molecule has 0 heterocycles. The van der Waals surface area contributed by atoms with Crippen molar-refractivity contribution in [1.29, 1.82) is 0 Å². The number of hydrogen-bond acceptors (Lipinski definition) is 3. The molecular formula is C7H14NO4+. The maximum Gasteiger partial charge on any atom is 0.405 e. The van der Waals surface area contributed by atoms with E-state index in [-0.39, 0.29) is 4.48 Å². The maximum absolute atomic E-state index is 10.6. The number of rotatable bonds is 3. The molecule has 5 heteroatoms. The molecule has 0 aliphatic carbocycles. The van der Waals surface area contributed by atoms with Gasteiger partial charge < -0.3 is 9.84 Å². The number of carbonyl (C=O) groups excluding carboxylic acids is 1. The minimum absolute atomic E-state index is 0.0505. The van der Waals surface area contributed by atoms with Crippen LogP contribution in [0.5, 0.6) is 0 Å². The topological polar surface area (TPSA) is 63.6 Å². The number of nitrogens with zero attached hydrogens (tertiary/aromatic N) is 1. The molecule has 0 amide bonds. The first-order chi connectivity index (χ1) is 5.25. The highest BCUT2D eigenvalue weighted by molar-refractivity contribution is 5.75. The van der Waals surface area contributed by atoms with Crippen LogP contribution >= 0.6 is 0 Å². The summed E-state index contributed by atoms with van der Waals surface area (Å²) in [7, 11) is 4.92. The molecule has 0 rings (SSSR count). The van der Waals surface area contributed by atoms with Gasteiger partial charge in [-0.2, -0.15) is 0 Å². The average molecular weight is 176 g/mol. The van der Waals surface area contributed by atoms with Crippen LogP contribution < -0.4 is 0 Å². The monoisotopic (exact) mass is 176 g/mol. The van der Waals surface area contributed by atoms with Crippen LogP contribution in [0.15, 0.2) is 0 Å². The summed E-state index contributed by atoms with van der Waals surface area (Å²) in [6.07, 6.45) is -1.14. The summed E-state index contributed by atoms with van der Waals surface area (Å²) in [6, 6.07) is 0. The quantitative estimate of drug-likeness (QED) is 0.363. The van der Waals surface area contributed by atoms with Gasteiger partial charge in [0.25, 0.3) is 0 Å². The van der Waals surface area contributed by atoms with Crippen molar-refractivity contribution in [2.45, 2.75) is 13.2 Å². The van der Waals surface area contributed by atoms with Crippen LogP contribution in [-0.2, 0) is 14.3 Å². The lowest BCUT2D eigenvalue weighted by atomic mass is 10.4. The summed E-state index contributed by atoms with van der Waals surface area (Å²) >= 11 is 0. The lowest BCUT2D eigenvalue weighted by Gasteiger charge is -2.29. The Morgan fingerprint density at radius 2 is 1.75 bits per heavy atom. The van der Waals surface area contributed by atoms with E-state index in [1.54, 1.807) is 21.1 Å². The standard InChI is InChI=1S/C7H13NO4/c1-5(9)12-6(7(10)11)8(2,3)4/h6H,1-4H3/p+1. The molecule has 1 unspecified atom stereocenters. The zero-order valence-corrected chi connectivity index (χ0v) is 7.70. The molecule has 0 aromatic heterocycles. The molecule has 0 spiro atoms. The van der Waals surface area contributed by atoms with E-state index in [2.05, 4.69) is 4.74 Å². The molecule has 5 nitrogen and oxygen atoms in total. The van der Waals surface area contributed by atoms with Gasteiger partial charge in [-0.1, -0.05) is 0 Å². The van der Waals surface area contributed by atoms with Gasteiger partial charge in [0.05, 0.1) is 21.1 Å². The summed E-state index contributed by atoms with van der Waals surface area (Å²) in [5.74, 6) is -1.73. The van der Waals surface area contributed by atoms with Gasteiger partial charge in [0.15, 0.2) is 0 Å². The Morgan fingerprint density at radius 1 is 1.33 bits per heavy atom. The van der Waals surface area contributed by atoms with Crippen molar-refractivity contribution in [2.24, 2.45) is 0 Å². The molecule has 0 radical (unpaired) electrons. The van der Waals surface area contributed by atoms with Crippen LogP contribution in [0.25, 0.3) is 0 Å². The van der Waals surface area contributed by atoms with Crippen molar-refractivity contribution in [3.63, 3.8) is 0 Å². The van der Waals surface area contributed by atoms with Crippen LogP contribution in [-0.4, -0.2) is 48.9 Å². The Balaban J connectivity index is 4.46. The lowest BCUT2D eigenvalue weighted by molar-refractivity contribution is -0.907. The van der Waals surface area contributed by atoms with Crippen molar-refractivity contribution in [3.8, 4) is 0 Å². The molecular weight excluding hydrogens is 162 g/mol. The highest BCUT2D eigenvalue weighted by Crippen LogP contribution is 2.05. The summed E-state index contributed by atoms with van der Waals surface area (Å²) in [5.41, 5.74) is 0. The largest absolute Gasteiger partial charge is 0.474 e. The van der Waals surface area contributed by atoms with Crippen LogP contribution in [0.3, 0.4) is 0 Å². The number of quaternary nitrogens is 1. The summed E-state index contributed by atoms with van der Waals surface area (Å²) < 4.78 is 4.66. The molecule has 0 aliphatic rings. The van der Waals surface area contributed by atoms with Gasteiger partial charge in [-0.15, -0.1) is 0 Å². The Hall–Kier alpha value is -1.10. The Kier molecular flexibility index (Phi) is 3.21. The van der Waals surface area contributed by atoms with E-state index in [1.165, 1.54) is 6.92 Å². The van der Waals surface area contributed by atoms with Crippen molar-refractivity contribution < 1.29 is 23.9 Å². The molecule has 0 aliphatic heterocycles. The van der Waals surface area contributed by atoms with E-state index >= 15 is 0 Å². The van der Waals surface area contributed by atoms with Crippen LogP contribution in [0.2, 0.25) is 0 Å². The Bertz CT molecular complexity index is 194. The summed E-state index contributed by atoms with van der Waals surface area (Å²) in [5, 5.41) is 8.66. The summed E-state index contributed by atoms with van der Waals surface area (Å²) in [4.78, 5) is 21.1. The molecule has 0 saturated heterocycles. The highest BCUT2D eigenvalue weighted by atomic mass is 16.6. The van der Waals surface area contributed by atoms with Crippen molar-refractivity contribution in [3.05, 3.63) is 0 Å². The molecule has 0 aromatic carbocycles. The predicted molar refractivity (Wildman–Crippen MR) is 41.2 cm³/mol. The van der Waals surface area contributed by atoms with E-state index in [0.29, 0.717) is 0 Å². The van der Waals surface area contributed by atoms with Crippen LogP contribution in [0.1, 0.15) is 6.92 Å². The number of carboxylic acids is 1. The number of carbonyl (C=O) groups is 2. The smallest absolute Gasteiger partial charge is 0.405 e. The number of likely N-dealkylation sites (N-methyl/N-ethyl adjacent to an activating group) is 1.